The van der Waals surface area contributed by atoms with Crippen LogP contribution in [0, 0.1) is 11.3 Å². The van der Waals surface area contributed by atoms with Gasteiger partial charge in [0.05, 0.1) is 23.5 Å². The molecule has 5 nitrogen and oxygen atoms in total. The normalized spacial score (nSPS) is 9.87. The molecule has 5 heteroatoms. The minimum Gasteiger partial charge on any atom is -0.472 e. The Bertz CT molecular complexity index is 847. The molecule has 0 atom stereocenters. The van der Waals surface area contributed by atoms with Gasteiger partial charge in [0, 0.05) is 5.69 Å². The molecule has 1 aromatic heterocycles. The molecule has 0 fully saturated rings. The molecule has 23 heavy (non-hydrogen) atoms. The summed E-state index contributed by atoms with van der Waals surface area (Å²) in [6.07, 6.45) is 2.83. The van der Waals surface area contributed by atoms with Crippen molar-refractivity contribution in [1.82, 2.24) is 0 Å². The molecule has 2 aromatic carbocycles. The molecule has 1 heterocycles. The van der Waals surface area contributed by atoms with Gasteiger partial charge in [0.25, 0.3) is 5.91 Å². The van der Waals surface area contributed by atoms with Crippen LogP contribution in [0.5, 0.6) is 11.5 Å². The van der Waals surface area contributed by atoms with E-state index < -0.39 is 0 Å². The summed E-state index contributed by atoms with van der Waals surface area (Å²) >= 11 is 0. The summed E-state index contributed by atoms with van der Waals surface area (Å²) in [5.74, 6) is 0.953. The number of carbonyl (C=O) groups is 1. The lowest BCUT2D eigenvalue weighted by Crippen LogP contribution is -2.10. The number of amides is 1. The molecule has 0 unspecified atom stereocenters. The lowest BCUT2D eigenvalue weighted by atomic mass is 10.2. The largest absolute Gasteiger partial charge is 0.472 e. The molecule has 0 bridgehead atoms. The first-order valence-corrected chi connectivity index (χ1v) is 6.86. The Morgan fingerprint density at radius 2 is 1.91 bits per heavy atom. The number of hydrogen-bond acceptors (Lipinski definition) is 4. The molecule has 112 valence electrons. The van der Waals surface area contributed by atoms with Gasteiger partial charge >= 0.3 is 0 Å². The highest BCUT2D eigenvalue weighted by molar-refractivity contribution is 6.03. The van der Waals surface area contributed by atoms with Gasteiger partial charge in [-0.3, -0.25) is 4.79 Å². The van der Waals surface area contributed by atoms with Gasteiger partial charge in [-0.1, -0.05) is 6.07 Å². The van der Waals surface area contributed by atoms with Crippen molar-refractivity contribution in [1.29, 1.82) is 5.26 Å². The summed E-state index contributed by atoms with van der Waals surface area (Å²) in [5, 5.41) is 11.6. The van der Waals surface area contributed by atoms with Crippen molar-refractivity contribution in [3.63, 3.8) is 0 Å². The third-order valence-corrected chi connectivity index (χ3v) is 3.09. The first-order chi connectivity index (χ1) is 11.2. The molecule has 0 aliphatic rings. The zero-order valence-corrected chi connectivity index (χ0v) is 12.0. The molecule has 0 saturated heterocycles. The van der Waals surface area contributed by atoms with Gasteiger partial charge in [-0.05, 0) is 48.5 Å². The molecule has 0 spiro atoms. The van der Waals surface area contributed by atoms with Crippen molar-refractivity contribution in [2.75, 3.05) is 5.32 Å². The lowest BCUT2D eigenvalue weighted by molar-refractivity contribution is 0.102. The lowest BCUT2D eigenvalue weighted by Gasteiger charge is -2.08. The van der Waals surface area contributed by atoms with Crippen LogP contribution >= 0.6 is 0 Å². The number of nitriles is 1. The molecule has 0 saturated carbocycles. The van der Waals surface area contributed by atoms with Crippen LogP contribution in [0.2, 0.25) is 0 Å². The molecule has 3 aromatic rings. The molecule has 1 amide bonds. The number of rotatable bonds is 4. The van der Waals surface area contributed by atoms with Gasteiger partial charge in [-0.15, -0.1) is 0 Å². The fraction of sp³-hybridized carbons (Fsp3) is 0. The second-order valence-electron chi connectivity index (χ2n) is 4.73. The van der Waals surface area contributed by atoms with E-state index in [0.29, 0.717) is 28.3 Å². The maximum atomic E-state index is 11.9. The van der Waals surface area contributed by atoms with Crippen molar-refractivity contribution in [2.45, 2.75) is 0 Å². The number of nitrogens with one attached hydrogen (secondary N) is 1. The highest BCUT2D eigenvalue weighted by Gasteiger charge is 2.07. The number of benzene rings is 2. The van der Waals surface area contributed by atoms with Crippen molar-refractivity contribution in [3.05, 3.63) is 78.3 Å². The summed E-state index contributed by atoms with van der Waals surface area (Å²) in [4.78, 5) is 11.9. The van der Waals surface area contributed by atoms with Gasteiger partial charge in [-0.2, -0.15) is 5.26 Å². The Morgan fingerprint density at radius 1 is 1.09 bits per heavy atom. The van der Waals surface area contributed by atoms with Gasteiger partial charge < -0.3 is 14.5 Å². The Balaban J connectivity index is 1.67. The van der Waals surface area contributed by atoms with Crippen LogP contribution in [0.25, 0.3) is 0 Å². The third kappa shape index (κ3) is 3.57. The van der Waals surface area contributed by atoms with E-state index in [1.807, 2.05) is 0 Å². The SMILES string of the molecule is N#Cc1cccc(Oc2ccc(NC(=O)c3ccoc3)cc2)c1. The summed E-state index contributed by atoms with van der Waals surface area (Å²) in [6, 6.07) is 17.5. The molecule has 1 N–H and O–H groups in total. The predicted octanol–water partition coefficient (Wildman–Crippen LogP) is 4.20. The van der Waals surface area contributed by atoms with Crippen molar-refractivity contribution in [3.8, 4) is 17.6 Å². The summed E-state index contributed by atoms with van der Waals surface area (Å²) < 4.78 is 10.5. The number of furan rings is 1. The molecule has 3 rings (SSSR count). The van der Waals surface area contributed by atoms with Crippen LogP contribution in [0.3, 0.4) is 0 Å². The number of nitrogens with zero attached hydrogens (tertiary/aromatic N) is 1. The molecular weight excluding hydrogens is 292 g/mol. The number of anilines is 1. The van der Waals surface area contributed by atoms with E-state index in [0.717, 1.165) is 0 Å². The molecular formula is C18H12N2O3. The van der Waals surface area contributed by atoms with Crippen molar-refractivity contribution < 1.29 is 13.9 Å². The first kappa shape index (κ1) is 14.4. The first-order valence-electron chi connectivity index (χ1n) is 6.86. The second-order valence-corrected chi connectivity index (χ2v) is 4.73. The molecule has 0 radical (unpaired) electrons. The van der Waals surface area contributed by atoms with E-state index in [4.69, 9.17) is 14.4 Å². The highest BCUT2D eigenvalue weighted by atomic mass is 16.5. The van der Waals surface area contributed by atoms with Gasteiger partial charge in [0.2, 0.25) is 0 Å². The van der Waals surface area contributed by atoms with Crippen LogP contribution in [-0.4, -0.2) is 5.91 Å². The fourth-order valence-electron chi connectivity index (χ4n) is 1.97. The summed E-state index contributed by atoms with van der Waals surface area (Å²) in [6.45, 7) is 0. The Kier molecular flexibility index (Phi) is 4.07. The van der Waals surface area contributed by atoms with E-state index >= 15 is 0 Å². The van der Waals surface area contributed by atoms with Crippen LogP contribution in [0.15, 0.2) is 71.5 Å². The maximum absolute atomic E-state index is 11.9. The zero-order valence-electron chi connectivity index (χ0n) is 12.0. The van der Waals surface area contributed by atoms with Crippen molar-refractivity contribution >= 4 is 11.6 Å². The van der Waals surface area contributed by atoms with E-state index in [9.17, 15) is 4.79 Å². The smallest absolute Gasteiger partial charge is 0.258 e. The minimum absolute atomic E-state index is 0.242. The summed E-state index contributed by atoms with van der Waals surface area (Å²) in [5.41, 5.74) is 1.64. The van der Waals surface area contributed by atoms with Crippen LogP contribution < -0.4 is 10.1 Å². The van der Waals surface area contributed by atoms with Gasteiger partial charge in [0.1, 0.15) is 17.8 Å². The molecule has 0 aliphatic heterocycles. The maximum Gasteiger partial charge on any atom is 0.258 e. The van der Waals surface area contributed by atoms with Crippen molar-refractivity contribution in [2.24, 2.45) is 0 Å². The van der Waals surface area contributed by atoms with Crippen LogP contribution in [0.4, 0.5) is 5.69 Å². The Labute approximate surface area is 132 Å². The standard InChI is InChI=1S/C18H12N2O3/c19-11-13-2-1-3-17(10-13)23-16-6-4-15(5-7-16)20-18(21)14-8-9-22-12-14/h1-10,12H,(H,20,21). The highest BCUT2D eigenvalue weighted by Crippen LogP contribution is 2.24. The monoisotopic (exact) mass is 304 g/mol. The topological polar surface area (TPSA) is 75.3 Å². The van der Waals surface area contributed by atoms with E-state index in [1.54, 1.807) is 54.6 Å². The third-order valence-electron chi connectivity index (χ3n) is 3.09. The Hall–Kier alpha value is -3.52. The van der Waals surface area contributed by atoms with Gasteiger partial charge in [-0.25, -0.2) is 0 Å². The average Bonchev–Trinajstić information content (AvgIpc) is 3.11. The van der Waals surface area contributed by atoms with E-state index in [1.165, 1.54) is 12.5 Å². The van der Waals surface area contributed by atoms with Crippen LogP contribution in [0.1, 0.15) is 15.9 Å². The van der Waals surface area contributed by atoms with E-state index in [-0.39, 0.29) is 5.91 Å². The van der Waals surface area contributed by atoms with E-state index in [2.05, 4.69) is 11.4 Å². The fourth-order valence-corrected chi connectivity index (χ4v) is 1.97. The zero-order chi connectivity index (χ0) is 16.1. The Morgan fingerprint density at radius 3 is 2.61 bits per heavy atom. The number of carbonyl (C=O) groups excluding carboxylic acids is 1. The minimum atomic E-state index is -0.242. The number of hydrogen-bond donors (Lipinski definition) is 1. The molecule has 0 aliphatic carbocycles. The quantitative estimate of drug-likeness (QED) is 0.784. The van der Waals surface area contributed by atoms with Gasteiger partial charge in [0.15, 0.2) is 0 Å². The second kappa shape index (κ2) is 6.50. The summed E-state index contributed by atoms with van der Waals surface area (Å²) in [7, 11) is 0. The number of ether oxygens (including phenoxy) is 1. The predicted molar refractivity (Wildman–Crippen MR) is 84.3 cm³/mol. The average molecular weight is 304 g/mol. The van der Waals surface area contributed by atoms with Crippen LogP contribution in [-0.2, 0) is 0 Å².